The van der Waals surface area contributed by atoms with Crippen molar-refractivity contribution < 1.29 is 53.9 Å². The minimum Gasteiger partial charge on any atom is -0.672 e. The van der Waals surface area contributed by atoms with Crippen LogP contribution in [0.1, 0.15) is 27.2 Å². The largest absolute Gasteiger partial charge is 0.672 e. The summed E-state index contributed by atoms with van der Waals surface area (Å²) in [5, 5.41) is 9.68. The molecule has 0 bridgehead atoms. The second kappa shape index (κ2) is 6.03. The van der Waals surface area contributed by atoms with Gasteiger partial charge in [-0.15, -0.1) is 6.04 Å². The molecule has 0 aliphatic carbocycles. The van der Waals surface area contributed by atoms with Crippen LogP contribution in [0.5, 0.6) is 0 Å². The van der Waals surface area contributed by atoms with Gasteiger partial charge in [-0.2, -0.15) is 0 Å². The maximum atomic E-state index is 9.68. The van der Waals surface area contributed by atoms with Crippen molar-refractivity contribution in [1.82, 2.24) is 0 Å². The fourth-order valence-corrected chi connectivity index (χ4v) is 1.76. The van der Waals surface area contributed by atoms with Gasteiger partial charge in [0.15, 0.2) is 0 Å². The molecule has 0 aromatic heterocycles. The molecule has 1 heterocycles. The van der Waals surface area contributed by atoms with Gasteiger partial charge in [-0.3, -0.25) is 0 Å². The summed E-state index contributed by atoms with van der Waals surface area (Å²) >= 11 is 0. The third-order valence-electron chi connectivity index (χ3n) is 2.78. The monoisotopic (exact) mass is 399 g/mol. The molecule has 4 heteroatoms. The molecule has 0 aromatic carbocycles. The molecule has 1 fully saturated rings. The Bertz CT molecular complexity index is 152. The molecule has 75 valence electrons. The molecule has 1 radical (unpaired) electrons. The van der Waals surface area contributed by atoms with E-state index in [1.165, 1.54) is 0 Å². The van der Waals surface area contributed by atoms with E-state index in [0.29, 0.717) is 0 Å². The Balaban J connectivity index is 0.00000144. The number of aliphatic hydroxyl groups excluding tert-OH is 1. The van der Waals surface area contributed by atoms with Crippen LogP contribution in [0.15, 0.2) is 0 Å². The number of nitrogens with one attached hydrogen (secondary N) is 1. The van der Waals surface area contributed by atoms with E-state index in [1.807, 2.05) is 20.8 Å². The van der Waals surface area contributed by atoms with Crippen molar-refractivity contribution in [2.75, 3.05) is 0 Å². The van der Waals surface area contributed by atoms with Gasteiger partial charge in [0, 0.05) is 50.2 Å². The molecule has 0 saturated carbocycles. The summed E-state index contributed by atoms with van der Waals surface area (Å²) < 4.78 is 5.49. The number of rotatable bonds is 1. The average Bonchev–Trinajstić information content (AvgIpc) is 2.08. The fourth-order valence-electron chi connectivity index (χ4n) is 1.76. The van der Waals surface area contributed by atoms with Crippen LogP contribution >= 0.6 is 0 Å². The van der Waals surface area contributed by atoms with Crippen LogP contribution < -0.4 is 0 Å². The van der Waals surface area contributed by atoms with E-state index in [4.69, 9.17) is 10.5 Å². The van der Waals surface area contributed by atoms with Gasteiger partial charge < -0.3 is 15.6 Å². The van der Waals surface area contributed by atoms with Crippen LogP contribution in [-0.4, -0.2) is 29.5 Å². The van der Waals surface area contributed by atoms with Crippen LogP contribution in [0.25, 0.3) is 5.73 Å². The first-order valence-corrected chi connectivity index (χ1v) is 4.62. The van der Waals surface area contributed by atoms with Gasteiger partial charge in [-0.05, 0) is 19.3 Å². The molecule has 13 heavy (non-hydrogen) atoms. The molecule has 3 nitrogen and oxygen atoms in total. The summed E-state index contributed by atoms with van der Waals surface area (Å²) in [4.78, 5) is 0. The molecule has 0 spiro atoms. The van der Waals surface area contributed by atoms with E-state index in [2.05, 4.69) is 0 Å². The normalized spacial score (nSPS) is 45.5. The van der Waals surface area contributed by atoms with Crippen LogP contribution in [0.4, 0.5) is 0 Å². The van der Waals surface area contributed by atoms with E-state index >= 15 is 0 Å². The smallest absolute Gasteiger partial charge is 0.0836 e. The van der Waals surface area contributed by atoms with Crippen molar-refractivity contribution in [2.24, 2.45) is 5.92 Å². The Hall–Kier alpha value is 1.32. The van der Waals surface area contributed by atoms with Crippen LogP contribution in [0.3, 0.4) is 0 Å². The number of hydrogen-bond donors (Lipinski definition) is 1. The third-order valence-corrected chi connectivity index (χ3v) is 2.78. The predicted molar refractivity (Wildman–Crippen MR) is 47.9 cm³/mol. The van der Waals surface area contributed by atoms with Crippen molar-refractivity contribution in [2.45, 2.75) is 51.5 Å². The first-order valence-electron chi connectivity index (χ1n) is 4.62. The standard InChI is InChI=1S/C9H18NO2.Ac/c1-4-7-9(11)5(2)8(10)6(3)12-7;/h5-11H,4H2,1-3H3;/q-1;/t5-,6-,7-,8?,9?;/m1./s1. The predicted octanol–water partition coefficient (Wildman–Crippen LogP) is 1.60. The molecule has 2 N–H and O–H groups in total. The summed E-state index contributed by atoms with van der Waals surface area (Å²) in [6.07, 6.45) is 0.237. The van der Waals surface area contributed by atoms with E-state index in [1.54, 1.807) is 0 Å². The van der Waals surface area contributed by atoms with Gasteiger partial charge in [0.05, 0.1) is 12.2 Å². The van der Waals surface area contributed by atoms with Crippen molar-refractivity contribution in [1.29, 1.82) is 0 Å². The first kappa shape index (κ1) is 14.3. The van der Waals surface area contributed by atoms with Gasteiger partial charge >= 0.3 is 0 Å². The maximum absolute atomic E-state index is 9.68. The van der Waals surface area contributed by atoms with E-state index in [-0.39, 0.29) is 68.2 Å². The topological polar surface area (TPSA) is 53.3 Å². The number of hydrogen-bond acceptors (Lipinski definition) is 2. The quantitative estimate of drug-likeness (QED) is 0.729. The van der Waals surface area contributed by atoms with Gasteiger partial charge in [-0.1, -0.05) is 13.8 Å². The Kier molecular flexibility index (Phi) is 6.64. The molecule has 2 unspecified atom stereocenters. The second-order valence-corrected chi connectivity index (χ2v) is 3.66. The van der Waals surface area contributed by atoms with Crippen LogP contribution in [-0.2, 0) is 4.74 Å². The minimum absolute atomic E-state index is 0. The molecule has 1 aliphatic heterocycles. The SMILES string of the molecule is CC[C@H]1O[C@H](C)C([NH-])[C@@H](C)C1O.[Ac]. The molecule has 0 amide bonds. The Morgan fingerprint density at radius 3 is 2.38 bits per heavy atom. The van der Waals surface area contributed by atoms with Gasteiger partial charge in [0.25, 0.3) is 0 Å². The zero-order valence-corrected chi connectivity index (χ0v) is 13.3. The van der Waals surface area contributed by atoms with Crippen molar-refractivity contribution in [3.05, 3.63) is 5.73 Å². The third kappa shape index (κ3) is 3.14. The van der Waals surface area contributed by atoms with Gasteiger partial charge in [-0.25, -0.2) is 0 Å². The first-order chi connectivity index (χ1) is 5.57. The average molecular weight is 399 g/mol. The second-order valence-electron chi connectivity index (χ2n) is 3.66. The molecule has 5 atom stereocenters. The number of ether oxygens (including phenoxy) is 1. The summed E-state index contributed by atoms with van der Waals surface area (Å²) in [5.74, 6) is 0.0266. The zero-order valence-electron chi connectivity index (χ0n) is 8.53. The minimum atomic E-state index is -0.464. The van der Waals surface area contributed by atoms with Gasteiger partial charge in [0.2, 0.25) is 0 Å². The molecule has 1 rings (SSSR count). The summed E-state index contributed by atoms with van der Waals surface area (Å²) in [6, 6.07) is -0.289. The van der Waals surface area contributed by atoms with Crippen molar-refractivity contribution >= 4 is 0 Å². The fraction of sp³-hybridized carbons (Fsp3) is 1.00. The molecule has 1 aliphatic rings. The Labute approximate surface area is 116 Å². The Morgan fingerprint density at radius 2 is 1.92 bits per heavy atom. The maximum Gasteiger partial charge on any atom is 0.0836 e. The van der Waals surface area contributed by atoms with E-state index in [0.717, 1.165) is 6.42 Å². The molecule has 1 saturated heterocycles. The van der Waals surface area contributed by atoms with Crippen molar-refractivity contribution in [3.63, 3.8) is 0 Å². The summed E-state index contributed by atoms with van der Waals surface area (Å²) in [7, 11) is 0. The molecular formula is C9H18AcNO2-. The summed E-state index contributed by atoms with van der Waals surface area (Å²) in [6.45, 7) is 5.82. The van der Waals surface area contributed by atoms with Gasteiger partial charge in [0.1, 0.15) is 0 Å². The van der Waals surface area contributed by atoms with Crippen LogP contribution in [0.2, 0.25) is 0 Å². The van der Waals surface area contributed by atoms with E-state index < -0.39 is 6.10 Å². The summed E-state index contributed by atoms with van der Waals surface area (Å²) in [5.41, 5.74) is 7.69. The van der Waals surface area contributed by atoms with Crippen molar-refractivity contribution in [3.8, 4) is 0 Å². The van der Waals surface area contributed by atoms with Crippen LogP contribution in [0, 0.1) is 50.0 Å². The number of aliphatic hydroxyl groups is 1. The zero-order chi connectivity index (χ0) is 9.30. The Morgan fingerprint density at radius 1 is 1.38 bits per heavy atom. The molecular weight excluding hydrogens is 381 g/mol. The van der Waals surface area contributed by atoms with E-state index in [9.17, 15) is 5.11 Å². The molecule has 0 aromatic rings.